The van der Waals surface area contributed by atoms with E-state index in [1.54, 1.807) is 30.3 Å². The van der Waals surface area contributed by atoms with Crippen LogP contribution in [0.5, 0.6) is 0 Å². The Hall–Kier alpha value is -3.00. The van der Waals surface area contributed by atoms with Crippen molar-refractivity contribution in [3.8, 4) is 0 Å². The fraction of sp³-hybridized carbons (Fsp3) is 0.250. The first-order valence-electron chi connectivity index (χ1n) is 10.3. The molecule has 160 valence electrons. The van der Waals surface area contributed by atoms with Crippen LogP contribution in [0.25, 0.3) is 0 Å². The third kappa shape index (κ3) is 6.01. The number of amides is 2. The topological polar surface area (TPSA) is 70.7 Å². The minimum Gasteiger partial charge on any atom is -0.379 e. The molecule has 7 heteroatoms. The Kier molecular flexibility index (Phi) is 7.09. The fourth-order valence-electron chi connectivity index (χ4n) is 3.48. The van der Waals surface area contributed by atoms with Crippen LogP contribution in [0, 0.1) is 0 Å². The van der Waals surface area contributed by atoms with E-state index in [0.29, 0.717) is 22.7 Å². The summed E-state index contributed by atoms with van der Waals surface area (Å²) in [5, 5.41) is 7.66. The van der Waals surface area contributed by atoms with Gasteiger partial charge >= 0.3 is 0 Å². The molecular formula is C24H25N3O3S. The summed E-state index contributed by atoms with van der Waals surface area (Å²) >= 11 is 1.38. The second kappa shape index (κ2) is 10.3. The Morgan fingerprint density at radius 3 is 2.55 bits per heavy atom. The number of nitrogens with one attached hydrogen (secondary N) is 2. The van der Waals surface area contributed by atoms with Crippen molar-refractivity contribution in [2.45, 2.75) is 13.1 Å². The molecule has 0 radical (unpaired) electrons. The van der Waals surface area contributed by atoms with Crippen LogP contribution in [0.3, 0.4) is 0 Å². The van der Waals surface area contributed by atoms with Crippen molar-refractivity contribution < 1.29 is 14.3 Å². The fourth-order valence-corrected chi connectivity index (χ4v) is 4.10. The first-order valence-corrected chi connectivity index (χ1v) is 11.2. The molecule has 3 aromatic rings. The molecule has 2 amide bonds. The predicted octanol–water partition coefficient (Wildman–Crippen LogP) is 3.76. The van der Waals surface area contributed by atoms with Gasteiger partial charge in [-0.25, -0.2) is 0 Å². The third-order valence-electron chi connectivity index (χ3n) is 5.08. The second-order valence-electron chi connectivity index (χ2n) is 7.40. The van der Waals surface area contributed by atoms with Gasteiger partial charge in [-0.2, -0.15) is 0 Å². The number of ether oxygens (including phenoxy) is 1. The van der Waals surface area contributed by atoms with E-state index in [9.17, 15) is 9.59 Å². The van der Waals surface area contributed by atoms with Gasteiger partial charge in [0.1, 0.15) is 0 Å². The van der Waals surface area contributed by atoms with Crippen LogP contribution in [0.1, 0.15) is 31.2 Å². The van der Waals surface area contributed by atoms with Gasteiger partial charge in [0, 0.05) is 37.4 Å². The van der Waals surface area contributed by atoms with Crippen LogP contribution in [-0.2, 0) is 17.8 Å². The number of morpholine rings is 1. The number of anilines is 1. The number of carbonyl (C=O) groups is 2. The van der Waals surface area contributed by atoms with Gasteiger partial charge in [0.05, 0.1) is 18.1 Å². The van der Waals surface area contributed by atoms with Crippen molar-refractivity contribution >= 4 is 28.8 Å². The van der Waals surface area contributed by atoms with Gasteiger partial charge < -0.3 is 15.4 Å². The van der Waals surface area contributed by atoms with E-state index in [4.69, 9.17) is 4.74 Å². The maximum absolute atomic E-state index is 12.6. The van der Waals surface area contributed by atoms with E-state index >= 15 is 0 Å². The van der Waals surface area contributed by atoms with Gasteiger partial charge in [0.15, 0.2) is 0 Å². The first kappa shape index (κ1) is 21.2. The lowest BCUT2D eigenvalue weighted by molar-refractivity contribution is 0.0342. The normalized spacial score (nSPS) is 14.2. The molecule has 1 saturated heterocycles. The summed E-state index contributed by atoms with van der Waals surface area (Å²) in [6.07, 6.45) is 0. The van der Waals surface area contributed by atoms with Crippen molar-refractivity contribution in [1.29, 1.82) is 0 Å². The molecular weight excluding hydrogens is 410 g/mol. The number of rotatable bonds is 7. The lowest BCUT2D eigenvalue weighted by Crippen LogP contribution is -2.35. The summed E-state index contributed by atoms with van der Waals surface area (Å²) in [6, 6.07) is 18.9. The molecule has 0 saturated carbocycles. The van der Waals surface area contributed by atoms with Gasteiger partial charge in [-0.15, -0.1) is 11.3 Å². The number of carbonyl (C=O) groups excluding carboxylic acids is 2. The van der Waals surface area contributed by atoms with Crippen molar-refractivity contribution in [1.82, 2.24) is 10.2 Å². The summed E-state index contributed by atoms with van der Waals surface area (Å²) in [6.45, 7) is 4.78. The molecule has 6 nitrogen and oxygen atoms in total. The van der Waals surface area contributed by atoms with E-state index in [2.05, 4.69) is 27.7 Å². The third-order valence-corrected chi connectivity index (χ3v) is 5.95. The zero-order valence-electron chi connectivity index (χ0n) is 17.2. The highest BCUT2D eigenvalue weighted by molar-refractivity contribution is 7.12. The zero-order valence-corrected chi connectivity index (χ0v) is 18.0. The molecule has 2 N–H and O–H groups in total. The van der Waals surface area contributed by atoms with E-state index in [0.717, 1.165) is 38.4 Å². The van der Waals surface area contributed by atoms with Gasteiger partial charge in [0.25, 0.3) is 11.8 Å². The van der Waals surface area contributed by atoms with Crippen molar-refractivity contribution in [2.75, 3.05) is 31.6 Å². The summed E-state index contributed by atoms with van der Waals surface area (Å²) in [5.74, 6) is -0.351. The first-order chi connectivity index (χ1) is 15.2. The molecule has 4 rings (SSSR count). The van der Waals surface area contributed by atoms with Crippen LogP contribution in [-0.4, -0.2) is 43.0 Å². The van der Waals surface area contributed by atoms with Crippen LogP contribution in [0.4, 0.5) is 5.69 Å². The molecule has 1 aliphatic rings. The van der Waals surface area contributed by atoms with Gasteiger partial charge in [-0.1, -0.05) is 36.4 Å². The summed E-state index contributed by atoms with van der Waals surface area (Å²) in [7, 11) is 0. The van der Waals surface area contributed by atoms with Crippen molar-refractivity contribution in [3.05, 3.63) is 87.6 Å². The number of hydrogen-bond donors (Lipinski definition) is 2. The van der Waals surface area contributed by atoms with E-state index in [1.165, 1.54) is 16.9 Å². The Labute approximate surface area is 185 Å². The van der Waals surface area contributed by atoms with Crippen LogP contribution < -0.4 is 10.6 Å². The minimum atomic E-state index is -0.176. The molecule has 0 aliphatic carbocycles. The number of nitrogens with zero attached hydrogens (tertiary/aromatic N) is 1. The highest BCUT2D eigenvalue weighted by Crippen LogP contribution is 2.15. The average molecular weight is 436 g/mol. The molecule has 1 fully saturated rings. The Balaban J connectivity index is 1.33. The summed E-state index contributed by atoms with van der Waals surface area (Å²) < 4.78 is 5.40. The summed E-state index contributed by atoms with van der Waals surface area (Å²) in [5.41, 5.74) is 3.39. The summed E-state index contributed by atoms with van der Waals surface area (Å²) in [4.78, 5) is 27.9. The maximum Gasteiger partial charge on any atom is 0.265 e. The number of hydrogen-bond acceptors (Lipinski definition) is 5. The number of benzene rings is 2. The smallest absolute Gasteiger partial charge is 0.265 e. The Bertz CT molecular complexity index is 1030. The maximum atomic E-state index is 12.6. The van der Waals surface area contributed by atoms with Crippen LogP contribution in [0.15, 0.2) is 66.0 Å². The largest absolute Gasteiger partial charge is 0.379 e. The quantitative estimate of drug-likeness (QED) is 0.593. The van der Waals surface area contributed by atoms with E-state index in [1.807, 2.05) is 23.6 Å². The van der Waals surface area contributed by atoms with Crippen LogP contribution in [0.2, 0.25) is 0 Å². The standard InChI is InChI=1S/C24H25N3O3S/c28-23(20-6-2-7-21(15-20)26-24(29)22-8-3-13-31-22)25-16-18-4-1-5-19(14-18)17-27-9-11-30-12-10-27/h1-8,13-15H,9-12,16-17H2,(H,25,28)(H,26,29). The molecule has 0 bridgehead atoms. The highest BCUT2D eigenvalue weighted by Gasteiger charge is 2.12. The molecule has 1 aromatic heterocycles. The molecule has 1 aliphatic heterocycles. The SMILES string of the molecule is O=C(NCc1cccc(CN2CCOCC2)c1)c1cccc(NC(=O)c2cccs2)c1. The van der Waals surface area contributed by atoms with E-state index < -0.39 is 0 Å². The van der Waals surface area contributed by atoms with Gasteiger partial charge in [-0.3, -0.25) is 14.5 Å². The van der Waals surface area contributed by atoms with Gasteiger partial charge in [-0.05, 0) is 40.8 Å². The molecule has 0 unspecified atom stereocenters. The van der Waals surface area contributed by atoms with E-state index in [-0.39, 0.29) is 11.8 Å². The van der Waals surface area contributed by atoms with Crippen molar-refractivity contribution in [2.24, 2.45) is 0 Å². The second-order valence-corrected chi connectivity index (χ2v) is 8.35. The monoisotopic (exact) mass is 435 g/mol. The number of thiophene rings is 1. The lowest BCUT2D eigenvalue weighted by Gasteiger charge is -2.26. The Morgan fingerprint density at radius 1 is 0.935 bits per heavy atom. The van der Waals surface area contributed by atoms with Crippen LogP contribution >= 0.6 is 11.3 Å². The predicted molar refractivity (Wildman–Crippen MR) is 122 cm³/mol. The minimum absolute atomic E-state index is 0.175. The molecule has 0 spiro atoms. The Morgan fingerprint density at radius 2 is 1.74 bits per heavy atom. The molecule has 31 heavy (non-hydrogen) atoms. The van der Waals surface area contributed by atoms with Crippen molar-refractivity contribution in [3.63, 3.8) is 0 Å². The molecule has 2 heterocycles. The van der Waals surface area contributed by atoms with Gasteiger partial charge in [0.2, 0.25) is 0 Å². The molecule has 0 atom stereocenters. The zero-order chi connectivity index (χ0) is 21.5. The highest BCUT2D eigenvalue weighted by atomic mass is 32.1. The lowest BCUT2D eigenvalue weighted by atomic mass is 10.1. The molecule has 2 aromatic carbocycles. The average Bonchev–Trinajstić information content (AvgIpc) is 3.34.